The highest BCUT2D eigenvalue weighted by Gasteiger charge is 2.43. The number of amides is 1. The van der Waals surface area contributed by atoms with E-state index in [4.69, 9.17) is 0 Å². The Morgan fingerprint density at radius 2 is 1.80 bits per heavy atom. The summed E-state index contributed by atoms with van der Waals surface area (Å²) in [5.41, 5.74) is 3.46. The first kappa shape index (κ1) is 12.9. The van der Waals surface area contributed by atoms with Gasteiger partial charge in [-0.1, -0.05) is 49.4 Å². The number of benzene rings is 2. The maximum atomic E-state index is 12.2. The van der Waals surface area contributed by atoms with E-state index >= 15 is 0 Å². The van der Waals surface area contributed by atoms with E-state index in [1.165, 1.54) is 11.1 Å². The molecule has 0 aromatic heterocycles. The quantitative estimate of drug-likeness (QED) is 0.889. The van der Waals surface area contributed by atoms with Crippen LogP contribution in [0.25, 0.3) is 0 Å². The molecule has 0 saturated heterocycles. The zero-order valence-corrected chi connectivity index (χ0v) is 11.7. The molecule has 2 heteroatoms. The molecule has 2 aromatic carbocycles. The molecular weight excluding hydrogens is 246 g/mol. The second kappa shape index (κ2) is 5.49. The highest BCUT2D eigenvalue weighted by molar-refractivity contribution is 5.95. The van der Waals surface area contributed by atoms with Crippen molar-refractivity contribution in [3.63, 3.8) is 0 Å². The number of anilines is 1. The van der Waals surface area contributed by atoms with Crippen LogP contribution < -0.4 is 5.32 Å². The van der Waals surface area contributed by atoms with Crippen molar-refractivity contribution in [1.29, 1.82) is 0 Å². The number of hydrogen-bond acceptors (Lipinski definition) is 1. The van der Waals surface area contributed by atoms with Crippen LogP contribution in [0.4, 0.5) is 5.69 Å². The lowest BCUT2D eigenvalue weighted by atomic mass is 10.1. The van der Waals surface area contributed by atoms with E-state index in [1.54, 1.807) is 0 Å². The molecule has 1 fully saturated rings. The Bertz CT molecular complexity index is 589. The van der Waals surface area contributed by atoms with Crippen LogP contribution in [-0.4, -0.2) is 5.91 Å². The summed E-state index contributed by atoms with van der Waals surface area (Å²) in [6.07, 6.45) is 1.98. The van der Waals surface area contributed by atoms with Crippen LogP contribution >= 0.6 is 0 Å². The fourth-order valence-electron chi connectivity index (χ4n) is 2.61. The summed E-state index contributed by atoms with van der Waals surface area (Å²) in [5.74, 6) is 0.664. The van der Waals surface area contributed by atoms with Gasteiger partial charge in [-0.05, 0) is 42.0 Å². The molecule has 1 aliphatic rings. The minimum absolute atomic E-state index is 0.128. The van der Waals surface area contributed by atoms with Gasteiger partial charge in [0.25, 0.3) is 0 Å². The number of carbonyl (C=O) groups excluding carboxylic acids is 1. The first-order valence-corrected chi connectivity index (χ1v) is 7.22. The van der Waals surface area contributed by atoms with Crippen LogP contribution in [0.3, 0.4) is 0 Å². The molecule has 1 N–H and O–H groups in total. The van der Waals surface area contributed by atoms with Crippen LogP contribution in [0.15, 0.2) is 54.6 Å². The highest BCUT2D eigenvalue weighted by Crippen LogP contribution is 2.47. The largest absolute Gasteiger partial charge is 0.326 e. The third-order valence-corrected chi connectivity index (χ3v) is 3.98. The number of rotatable bonds is 4. The Labute approximate surface area is 119 Å². The van der Waals surface area contributed by atoms with Crippen LogP contribution in [0, 0.1) is 5.92 Å². The Morgan fingerprint density at radius 3 is 2.45 bits per heavy atom. The van der Waals surface area contributed by atoms with Crippen LogP contribution in [-0.2, 0) is 11.2 Å². The minimum atomic E-state index is 0.128. The lowest BCUT2D eigenvalue weighted by molar-refractivity contribution is -0.117. The lowest BCUT2D eigenvalue weighted by Crippen LogP contribution is -2.14. The van der Waals surface area contributed by atoms with Crippen molar-refractivity contribution in [3.8, 4) is 0 Å². The fourth-order valence-corrected chi connectivity index (χ4v) is 2.61. The molecule has 1 aliphatic carbocycles. The van der Waals surface area contributed by atoms with E-state index in [1.807, 2.05) is 30.3 Å². The molecule has 2 nitrogen and oxygen atoms in total. The summed E-state index contributed by atoms with van der Waals surface area (Å²) >= 11 is 0. The summed E-state index contributed by atoms with van der Waals surface area (Å²) in [7, 11) is 0. The number of nitrogens with one attached hydrogen (secondary N) is 1. The van der Waals surface area contributed by atoms with E-state index in [0.29, 0.717) is 5.92 Å². The van der Waals surface area contributed by atoms with Crippen molar-refractivity contribution in [2.45, 2.75) is 25.7 Å². The van der Waals surface area contributed by atoms with Crippen molar-refractivity contribution in [1.82, 2.24) is 0 Å². The van der Waals surface area contributed by atoms with Crippen molar-refractivity contribution in [2.24, 2.45) is 5.92 Å². The minimum Gasteiger partial charge on any atom is -0.326 e. The Balaban J connectivity index is 1.61. The number of aryl methyl sites for hydroxylation is 1. The van der Waals surface area contributed by atoms with Gasteiger partial charge >= 0.3 is 0 Å². The molecule has 2 atom stereocenters. The SMILES string of the molecule is CCc1ccc(NC(=O)[C@@H]2C[C@@H]2c2ccccc2)cc1. The van der Waals surface area contributed by atoms with E-state index in [9.17, 15) is 4.79 Å². The Kier molecular flexibility index (Phi) is 3.55. The molecule has 0 unspecified atom stereocenters. The first-order valence-electron chi connectivity index (χ1n) is 7.22. The van der Waals surface area contributed by atoms with Gasteiger partial charge in [0.05, 0.1) is 0 Å². The van der Waals surface area contributed by atoms with E-state index in [0.717, 1.165) is 18.5 Å². The maximum Gasteiger partial charge on any atom is 0.228 e. The second-order valence-electron chi connectivity index (χ2n) is 5.40. The third-order valence-electron chi connectivity index (χ3n) is 3.98. The average molecular weight is 265 g/mol. The molecule has 0 aliphatic heterocycles. The van der Waals surface area contributed by atoms with Crippen molar-refractivity contribution >= 4 is 11.6 Å². The molecule has 2 aromatic rings. The summed E-state index contributed by atoms with van der Waals surface area (Å²) in [6.45, 7) is 2.13. The van der Waals surface area contributed by atoms with E-state index in [-0.39, 0.29) is 11.8 Å². The summed E-state index contributed by atoms with van der Waals surface area (Å²) < 4.78 is 0. The van der Waals surface area contributed by atoms with Gasteiger partial charge in [0.15, 0.2) is 0 Å². The lowest BCUT2D eigenvalue weighted by Gasteiger charge is -2.06. The molecule has 3 rings (SSSR count). The van der Waals surface area contributed by atoms with Gasteiger partial charge in [0.1, 0.15) is 0 Å². The molecule has 0 radical (unpaired) electrons. The normalized spacial score (nSPS) is 20.4. The van der Waals surface area contributed by atoms with Crippen molar-refractivity contribution in [3.05, 3.63) is 65.7 Å². The summed E-state index contributed by atoms with van der Waals surface area (Å²) in [6, 6.07) is 18.4. The van der Waals surface area contributed by atoms with Gasteiger partial charge in [0, 0.05) is 11.6 Å². The zero-order valence-electron chi connectivity index (χ0n) is 11.7. The smallest absolute Gasteiger partial charge is 0.228 e. The molecule has 1 amide bonds. The second-order valence-corrected chi connectivity index (χ2v) is 5.40. The van der Waals surface area contributed by atoms with Gasteiger partial charge in [-0.25, -0.2) is 0 Å². The van der Waals surface area contributed by atoms with Gasteiger partial charge in [-0.2, -0.15) is 0 Å². The molecule has 20 heavy (non-hydrogen) atoms. The van der Waals surface area contributed by atoms with Gasteiger partial charge < -0.3 is 5.32 Å². The maximum absolute atomic E-state index is 12.2. The van der Waals surface area contributed by atoms with Crippen molar-refractivity contribution < 1.29 is 4.79 Å². The van der Waals surface area contributed by atoms with Crippen LogP contribution in [0.1, 0.15) is 30.4 Å². The Hall–Kier alpha value is -2.09. The number of hydrogen-bond donors (Lipinski definition) is 1. The monoisotopic (exact) mass is 265 g/mol. The summed E-state index contributed by atoms with van der Waals surface area (Å²) in [4.78, 5) is 12.2. The number of carbonyl (C=O) groups is 1. The molecule has 0 heterocycles. The fraction of sp³-hybridized carbons (Fsp3) is 0.278. The van der Waals surface area contributed by atoms with E-state index in [2.05, 4.69) is 36.5 Å². The third kappa shape index (κ3) is 2.74. The average Bonchev–Trinajstić information content (AvgIpc) is 3.29. The van der Waals surface area contributed by atoms with Crippen LogP contribution in [0.5, 0.6) is 0 Å². The molecule has 1 saturated carbocycles. The Morgan fingerprint density at radius 1 is 1.10 bits per heavy atom. The van der Waals surface area contributed by atoms with Gasteiger partial charge in [0.2, 0.25) is 5.91 Å². The zero-order chi connectivity index (χ0) is 13.9. The standard InChI is InChI=1S/C18H19NO/c1-2-13-8-10-15(11-9-13)19-18(20)17-12-16(17)14-6-4-3-5-7-14/h3-11,16-17H,2,12H2,1H3,(H,19,20)/t16-,17-/m1/s1. The van der Waals surface area contributed by atoms with E-state index < -0.39 is 0 Å². The summed E-state index contributed by atoms with van der Waals surface area (Å²) in [5, 5.41) is 3.02. The predicted octanol–water partition coefficient (Wildman–Crippen LogP) is 3.99. The highest BCUT2D eigenvalue weighted by atomic mass is 16.2. The van der Waals surface area contributed by atoms with Gasteiger partial charge in [-0.3, -0.25) is 4.79 Å². The molecule has 0 bridgehead atoms. The topological polar surface area (TPSA) is 29.1 Å². The predicted molar refractivity (Wildman–Crippen MR) is 81.7 cm³/mol. The van der Waals surface area contributed by atoms with Crippen LogP contribution in [0.2, 0.25) is 0 Å². The molecule has 102 valence electrons. The molecular formula is C18H19NO. The van der Waals surface area contributed by atoms with Crippen molar-refractivity contribution in [2.75, 3.05) is 5.32 Å². The van der Waals surface area contributed by atoms with Gasteiger partial charge in [-0.15, -0.1) is 0 Å². The molecule has 0 spiro atoms. The first-order chi connectivity index (χ1) is 9.78.